The van der Waals surface area contributed by atoms with Crippen LogP contribution in [0.2, 0.25) is 0 Å². The minimum atomic E-state index is -0.288. The zero-order chi connectivity index (χ0) is 15.8. The van der Waals surface area contributed by atoms with Crippen LogP contribution in [-0.4, -0.2) is 48.3 Å². The molecule has 0 saturated carbocycles. The molecule has 0 aliphatic carbocycles. The Balaban J connectivity index is 1.79. The van der Waals surface area contributed by atoms with E-state index in [2.05, 4.69) is 12.2 Å². The van der Waals surface area contributed by atoms with Crippen LogP contribution < -0.4 is 5.32 Å². The number of aliphatic hydroxyl groups excluding tert-OH is 1. The lowest BCUT2D eigenvalue weighted by Crippen LogP contribution is -2.36. The monoisotopic (exact) mass is 306 g/mol. The smallest absolute Gasteiger partial charge is 0.234 e. The third kappa shape index (κ3) is 5.40. The van der Waals surface area contributed by atoms with Crippen molar-refractivity contribution in [2.45, 2.75) is 39.0 Å². The molecule has 2 N–H and O–H groups in total. The maximum absolute atomic E-state index is 12.0. The maximum Gasteiger partial charge on any atom is 0.234 e. The molecule has 1 aromatic rings. The summed E-state index contributed by atoms with van der Waals surface area (Å²) >= 11 is 0. The van der Waals surface area contributed by atoms with Crippen molar-refractivity contribution in [3.63, 3.8) is 0 Å². The highest BCUT2D eigenvalue weighted by Crippen LogP contribution is 2.11. The summed E-state index contributed by atoms with van der Waals surface area (Å²) in [6, 6.07) is 8.02. The Labute approximate surface area is 132 Å². The fourth-order valence-corrected chi connectivity index (χ4v) is 2.61. The first-order valence-electron chi connectivity index (χ1n) is 8.00. The third-order valence-electron chi connectivity index (χ3n) is 3.82. The van der Waals surface area contributed by atoms with Gasteiger partial charge in [-0.05, 0) is 24.0 Å². The van der Waals surface area contributed by atoms with Crippen LogP contribution in [0.5, 0.6) is 0 Å². The van der Waals surface area contributed by atoms with Gasteiger partial charge in [-0.15, -0.1) is 0 Å². The molecule has 1 aliphatic rings. The highest BCUT2D eigenvalue weighted by molar-refractivity contribution is 5.78. The van der Waals surface area contributed by atoms with Gasteiger partial charge in [-0.2, -0.15) is 0 Å². The first-order chi connectivity index (χ1) is 10.7. The van der Waals surface area contributed by atoms with Crippen molar-refractivity contribution < 1.29 is 14.6 Å². The van der Waals surface area contributed by atoms with Gasteiger partial charge in [-0.25, -0.2) is 0 Å². The quantitative estimate of drug-likeness (QED) is 0.711. The number of benzene rings is 1. The van der Waals surface area contributed by atoms with Crippen molar-refractivity contribution in [2.75, 3.05) is 26.2 Å². The molecule has 5 heteroatoms. The number of likely N-dealkylation sites (tertiary alicyclic amines) is 1. The summed E-state index contributed by atoms with van der Waals surface area (Å²) in [6.07, 6.45) is 1.47. The van der Waals surface area contributed by atoms with Gasteiger partial charge in [0.05, 0.1) is 19.3 Å². The lowest BCUT2D eigenvalue weighted by molar-refractivity contribution is -0.122. The predicted molar refractivity (Wildman–Crippen MR) is 85.3 cm³/mol. The normalized spacial score (nSPS) is 18.5. The van der Waals surface area contributed by atoms with E-state index >= 15 is 0 Å². The number of hydrogen-bond acceptors (Lipinski definition) is 4. The molecule has 0 unspecified atom stereocenters. The first kappa shape index (κ1) is 16.9. The Bertz CT molecular complexity index is 479. The summed E-state index contributed by atoms with van der Waals surface area (Å²) in [4.78, 5) is 14.0. The van der Waals surface area contributed by atoms with Crippen LogP contribution in [0.4, 0.5) is 0 Å². The van der Waals surface area contributed by atoms with Gasteiger partial charge in [0, 0.05) is 26.2 Å². The summed E-state index contributed by atoms with van der Waals surface area (Å²) in [7, 11) is 0. The third-order valence-corrected chi connectivity index (χ3v) is 3.82. The summed E-state index contributed by atoms with van der Waals surface area (Å²) in [6.45, 7) is 5.66. The molecule has 1 fully saturated rings. The van der Waals surface area contributed by atoms with Gasteiger partial charge >= 0.3 is 0 Å². The van der Waals surface area contributed by atoms with Crippen molar-refractivity contribution in [3.8, 4) is 0 Å². The number of carbonyl (C=O) groups is 1. The summed E-state index contributed by atoms with van der Waals surface area (Å²) in [5, 5.41) is 12.4. The van der Waals surface area contributed by atoms with E-state index < -0.39 is 0 Å². The molecule has 0 aromatic heterocycles. The van der Waals surface area contributed by atoms with Gasteiger partial charge in [-0.1, -0.05) is 31.2 Å². The van der Waals surface area contributed by atoms with E-state index in [1.165, 1.54) is 0 Å². The summed E-state index contributed by atoms with van der Waals surface area (Å²) < 4.78 is 5.59. The molecule has 122 valence electrons. The van der Waals surface area contributed by atoms with Gasteiger partial charge in [-0.3, -0.25) is 9.69 Å². The van der Waals surface area contributed by atoms with Gasteiger partial charge in [0.1, 0.15) is 0 Å². The van der Waals surface area contributed by atoms with Crippen molar-refractivity contribution in [1.29, 1.82) is 0 Å². The molecule has 2 rings (SSSR count). The van der Waals surface area contributed by atoms with Gasteiger partial charge in [0.2, 0.25) is 5.91 Å². The Morgan fingerprint density at radius 3 is 2.86 bits per heavy atom. The minimum Gasteiger partial charge on any atom is -0.392 e. The van der Waals surface area contributed by atoms with Crippen LogP contribution in [0, 0.1) is 0 Å². The Morgan fingerprint density at radius 2 is 2.18 bits per heavy atom. The van der Waals surface area contributed by atoms with Crippen LogP contribution in [-0.2, 0) is 22.7 Å². The molecule has 0 spiro atoms. The second kappa shape index (κ2) is 8.88. The fraction of sp³-hybridized carbons (Fsp3) is 0.588. The van der Waals surface area contributed by atoms with Crippen molar-refractivity contribution in [2.24, 2.45) is 0 Å². The van der Waals surface area contributed by atoms with E-state index in [0.29, 0.717) is 26.2 Å². The van der Waals surface area contributed by atoms with E-state index in [0.717, 1.165) is 37.1 Å². The zero-order valence-electron chi connectivity index (χ0n) is 13.3. The second-order valence-corrected chi connectivity index (χ2v) is 5.78. The van der Waals surface area contributed by atoms with Gasteiger partial charge in [0.15, 0.2) is 0 Å². The molecule has 1 heterocycles. The predicted octanol–water partition coefficient (Wildman–Crippen LogP) is 1.30. The molecule has 1 aromatic carbocycles. The van der Waals surface area contributed by atoms with Crippen LogP contribution in [0.15, 0.2) is 24.3 Å². The van der Waals surface area contributed by atoms with E-state index in [9.17, 15) is 9.90 Å². The van der Waals surface area contributed by atoms with Crippen LogP contribution in [0.25, 0.3) is 0 Å². The Morgan fingerprint density at radius 1 is 1.41 bits per heavy atom. The lowest BCUT2D eigenvalue weighted by Gasteiger charge is -2.15. The number of aliphatic hydroxyl groups is 1. The minimum absolute atomic E-state index is 0.00150. The van der Waals surface area contributed by atoms with E-state index in [1.54, 1.807) is 0 Å². The Kier molecular flexibility index (Phi) is 6.83. The maximum atomic E-state index is 12.0. The molecule has 1 saturated heterocycles. The number of nitrogens with zero attached hydrogens (tertiary/aromatic N) is 1. The Hall–Kier alpha value is -1.43. The average molecular weight is 306 g/mol. The van der Waals surface area contributed by atoms with E-state index in [1.807, 2.05) is 29.2 Å². The summed E-state index contributed by atoms with van der Waals surface area (Å²) in [5.41, 5.74) is 2.21. The van der Waals surface area contributed by atoms with Crippen molar-refractivity contribution in [3.05, 3.63) is 35.4 Å². The van der Waals surface area contributed by atoms with Crippen molar-refractivity contribution in [1.82, 2.24) is 10.2 Å². The molecule has 1 aliphatic heterocycles. The number of β-amino-alcohol motifs (C(OH)–C–C–N with tert-alkyl or cyclic N) is 1. The number of rotatable bonds is 8. The largest absolute Gasteiger partial charge is 0.392 e. The average Bonchev–Trinajstić information content (AvgIpc) is 2.91. The molecule has 5 nitrogen and oxygen atoms in total. The number of hydrogen-bond donors (Lipinski definition) is 2. The number of carbonyl (C=O) groups excluding carboxylic acids is 1. The SMILES string of the molecule is CCCOCc1ccccc1CNC(=O)CN1CC[C@H](O)C1. The molecule has 22 heavy (non-hydrogen) atoms. The fourth-order valence-electron chi connectivity index (χ4n) is 2.61. The highest BCUT2D eigenvalue weighted by atomic mass is 16.5. The molecule has 0 bridgehead atoms. The molecule has 1 amide bonds. The van der Waals surface area contributed by atoms with Crippen molar-refractivity contribution >= 4 is 5.91 Å². The topological polar surface area (TPSA) is 61.8 Å². The molecule has 1 atom stereocenters. The highest BCUT2D eigenvalue weighted by Gasteiger charge is 2.21. The first-order valence-corrected chi connectivity index (χ1v) is 8.00. The standard InChI is InChI=1S/C17H26N2O3/c1-2-9-22-13-15-6-4-3-5-14(15)10-18-17(21)12-19-8-7-16(20)11-19/h3-6,16,20H,2,7-13H2,1H3,(H,18,21)/t16-/m0/s1. The van der Waals surface area contributed by atoms with E-state index in [4.69, 9.17) is 4.74 Å². The van der Waals surface area contributed by atoms with Gasteiger partial charge < -0.3 is 15.2 Å². The summed E-state index contributed by atoms with van der Waals surface area (Å²) in [5.74, 6) is -0.00150. The molecular formula is C17H26N2O3. The second-order valence-electron chi connectivity index (χ2n) is 5.78. The van der Waals surface area contributed by atoms with E-state index in [-0.39, 0.29) is 12.0 Å². The molecule has 0 radical (unpaired) electrons. The lowest BCUT2D eigenvalue weighted by atomic mass is 10.1. The van der Waals surface area contributed by atoms with Crippen LogP contribution in [0.3, 0.4) is 0 Å². The number of amides is 1. The molecular weight excluding hydrogens is 280 g/mol. The number of ether oxygens (including phenoxy) is 1. The number of nitrogens with one attached hydrogen (secondary N) is 1. The van der Waals surface area contributed by atoms with Gasteiger partial charge in [0.25, 0.3) is 0 Å². The zero-order valence-corrected chi connectivity index (χ0v) is 13.3. The van der Waals surface area contributed by atoms with Crippen LogP contribution >= 0.6 is 0 Å². The van der Waals surface area contributed by atoms with Crippen LogP contribution in [0.1, 0.15) is 30.9 Å².